The van der Waals surface area contributed by atoms with E-state index >= 15 is 0 Å². The molecule has 9 nitrogen and oxygen atoms in total. The van der Waals surface area contributed by atoms with Crippen LogP contribution in [0.3, 0.4) is 0 Å². The number of thiazole rings is 1. The summed E-state index contributed by atoms with van der Waals surface area (Å²) in [5.74, 6) is 0.943. The van der Waals surface area contributed by atoms with Crippen LogP contribution in [0.15, 0.2) is 24.0 Å². The van der Waals surface area contributed by atoms with Crippen LogP contribution < -0.4 is 4.90 Å². The molecule has 0 saturated carbocycles. The molecule has 1 N–H and O–H groups in total. The highest BCUT2D eigenvalue weighted by atomic mass is 32.1. The molecule has 0 radical (unpaired) electrons. The Hall–Kier alpha value is -2.46. The highest BCUT2D eigenvalue weighted by Crippen LogP contribution is 2.36. The van der Waals surface area contributed by atoms with Gasteiger partial charge in [0.05, 0.1) is 0 Å². The first-order valence-corrected chi connectivity index (χ1v) is 8.94. The van der Waals surface area contributed by atoms with E-state index in [1.54, 1.807) is 28.5 Å². The number of aliphatic hydroxyl groups is 1. The molecule has 1 aliphatic heterocycles. The molecule has 3 aromatic rings. The van der Waals surface area contributed by atoms with Gasteiger partial charge in [-0.05, 0) is 17.8 Å². The standard InChI is InChI=1S/C15H18N6O3S/c1-18-6-4-16-12(18)11(22)10-3-2-5-19(9-10)13-14(21(23)24)20-7-8-25-15(20)17-13/h4,6-8,10-11,22H,2-3,5,9H2,1H3. The van der Waals surface area contributed by atoms with Crippen molar-refractivity contribution in [3.8, 4) is 0 Å². The van der Waals surface area contributed by atoms with E-state index in [1.807, 2.05) is 11.9 Å². The normalized spacial score (nSPS) is 19.4. The predicted molar refractivity (Wildman–Crippen MR) is 92.8 cm³/mol. The first-order chi connectivity index (χ1) is 12.1. The van der Waals surface area contributed by atoms with Gasteiger partial charge in [0.1, 0.15) is 18.1 Å². The van der Waals surface area contributed by atoms with Crippen molar-refractivity contribution < 1.29 is 10.0 Å². The number of piperidine rings is 1. The fraction of sp³-hybridized carbons (Fsp3) is 0.467. The van der Waals surface area contributed by atoms with Crippen LogP contribution in [0, 0.1) is 16.0 Å². The molecule has 25 heavy (non-hydrogen) atoms. The van der Waals surface area contributed by atoms with Crippen LogP contribution in [-0.4, -0.2) is 42.1 Å². The van der Waals surface area contributed by atoms with E-state index in [0.717, 1.165) is 12.8 Å². The number of aryl methyl sites for hydroxylation is 1. The molecule has 2 atom stereocenters. The Kier molecular flexibility index (Phi) is 3.92. The van der Waals surface area contributed by atoms with Crippen LogP contribution >= 0.6 is 11.3 Å². The summed E-state index contributed by atoms with van der Waals surface area (Å²) in [5.41, 5.74) is 0. The van der Waals surface area contributed by atoms with E-state index in [1.165, 1.54) is 15.7 Å². The zero-order valence-corrected chi connectivity index (χ0v) is 14.5. The van der Waals surface area contributed by atoms with Crippen LogP contribution in [0.1, 0.15) is 24.8 Å². The van der Waals surface area contributed by atoms with E-state index in [9.17, 15) is 15.2 Å². The quantitative estimate of drug-likeness (QED) is 0.562. The lowest BCUT2D eigenvalue weighted by Gasteiger charge is -2.34. The Morgan fingerprint density at radius 1 is 1.48 bits per heavy atom. The molecule has 1 aliphatic rings. The SMILES string of the molecule is Cn1ccnc1C(O)C1CCCN(c2nc3sccn3c2[N+](=O)[O-])C1. The molecule has 1 saturated heterocycles. The summed E-state index contributed by atoms with van der Waals surface area (Å²) in [4.78, 5) is 22.4. The minimum Gasteiger partial charge on any atom is -0.385 e. The van der Waals surface area contributed by atoms with Gasteiger partial charge in [0, 0.05) is 43.8 Å². The van der Waals surface area contributed by atoms with Crippen molar-refractivity contribution in [1.29, 1.82) is 0 Å². The number of hydrogen-bond donors (Lipinski definition) is 1. The minimum absolute atomic E-state index is 0.0108. The molecule has 1 fully saturated rings. The fourth-order valence-electron chi connectivity index (χ4n) is 3.48. The molecule has 132 valence electrons. The summed E-state index contributed by atoms with van der Waals surface area (Å²) < 4.78 is 3.32. The number of hydrogen-bond acceptors (Lipinski definition) is 7. The monoisotopic (exact) mass is 362 g/mol. The summed E-state index contributed by atoms with van der Waals surface area (Å²) in [7, 11) is 1.85. The van der Waals surface area contributed by atoms with Gasteiger partial charge in [0.2, 0.25) is 5.82 Å². The number of anilines is 1. The Morgan fingerprint density at radius 3 is 3.04 bits per heavy atom. The van der Waals surface area contributed by atoms with Gasteiger partial charge in [-0.25, -0.2) is 4.98 Å². The minimum atomic E-state index is -0.703. The largest absolute Gasteiger partial charge is 0.385 e. The number of rotatable bonds is 4. The number of imidazole rings is 2. The number of nitrogens with zero attached hydrogens (tertiary/aromatic N) is 6. The molecule has 0 aromatic carbocycles. The van der Waals surface area contributed by atoms with Gasteiger partial charge in [-0.15, -0.1) is 0 Å². The third-order valence-electron chi connectivity index (χ3n) is 4.72. The van der Waals surface area contributed by atoms with Gasteiger partial charge in [-0.2, -0.15) is 9.38 Å². The topological polar surface area (TPSA) is 102 Å². The molecule has 0 aliphatic carbocycles. The molecule has 0 bridgehead atoms. The van der Waals surface area contributed by atoms with E-state index in [-0.39, 0.29) is 16.7 Å². The van der Waals surface area contributed by atoms with Crippen molar-refractivity contribution in [2.75, 3.05) is 18.0 Å². The van der Waals surface area contributed by atoms with Crippen molar-refractivity contribution in [2.24, 2.45) is 13.0 Å². The van der Waals surface area contributed by atoms with Gasteiger partial charge in [-0.3, -0.25) is 0 Å². The highest BCUT2D eigenvalue weighted by Gasteiger charge is 2.34. The molecule has 0 spiro atoms. The van der Waals surface area contributed by atoms with Gasteiger partial charge >= 0.3 is 5.82 Å². The van der Waals surface area contributed by atoms with Crippen molar-refractivity contribution in [2.45, 2.75) is 18.9 Å². The number of aromatic nitrogens is 4. The zero-order valence-electron chi connectivity index (χ0n) is 13.6. The first kappa shape index (κ1) is 16.0. The van der Waals surface area contributed by atoms with Gasteiger partial charge in [-0.1, -0.05) is 11.3 Å². The van der Waals surface area contributed by atoms with E-state index in [2.05, 4.69) is 9.97 Å². The Balaban J connectivity index is 1.63. The zero-order chi connectivity index (χ0) is 17.6. The third kappa shape index (κ3) is 2.67. The molecule has 4 rings (SSSR count). The summed E-state index contributed by atoms with van der Waals surface area (Å²) in [5, 5.41) is 24.0. The predicted octanol–water partition coefficient (Wildman–Crippen LogP) is 1.99. The maximum Gasteiger partial charge on any atom is 0.373 e. The van der Waals surface area contributed by atoms with E-state index in [4.69, 9.17) is 0 Å². The van der Waals surface area contributed by atoms with E-state index < -0.39 is 6.10 Å². The second-order valence-corrected chi connectivity index (χ2v) is 7.13. The maximum absolute atomic E-state index is 11.5. The molecule has 3 aromatic heterocycles. The lowest BCUT2D eigenvalue weighted by Crippen LogP contribution is -2.39. The summed E-state index contributed by atoms with van der Waals surface area (Å²) in [6.07, 6.45) is 6.11. The number of nitro groups is 1. The fourth-order valence-corrected chi connectivity index (χ4v) is 4.18. The van der Waals surface area contributed by atoms with Gasteiger partial charge < -0.3 is 24.7 Å². The van der Waals surface area contributed by atoms with Crippen molar-refractivity contribution >= 4 is 27.9 Å². The first-order valence-electron chi connectivity index (χ1n) is 8.06. The Morgan fingerprint density at radius 2 is 2.32 bits per heavy atom. The number of aliphatic hydroxyl groups excluding tert-OH is 1. The van der Waals surface area contributed by atoms with Crippen molar-refractivity contribution in [3.63, 3.8) is 0 Å². The van der Waals surface area contributed by atoms with Gasteiger partial charge in [0.25, 0.3) is 4.96 Å². The lowest BCUT2D eigenvalue weighted by atomic mass is 9.92. The van der Waals surface area contributed by atoms with E-state index in [0.29, 0.717) is 29.7 Å². The molecule has 10 heteroatoms. The highest BCUT2D eigenvalue weighted by molar-refractivity contribution is 7.15. The van der Waals surface area contributed by atoms with Crippen molar-refractivity contribution in [1.82, 2.24) is 18.9 Å². The van der Waals surface area contributed by atoms with Crippen molar-refractivity contribution in [3.05, 3.63) is 39.9 Å². The van der Waals surface area contributed by atoms with Crippen LogP contribution in [0.5, 0.6) is 0 Å². The summed E-state index contributed by atoms with van der Waals surface area (Å²) in [6, 6.07) is 0. The Bertz CT molecular complexity index is 916. The Labute approximate surface area is 147 Å². The lowest BCUT2D eigenvalue weighted by molar-refractivity contribution is -0.389. The number of fused-ring (bicyclic) bond motifs is 1. The van der Waals surface area contributed by atoms with Crippen LogP contribution in [-0.2, 0) is 7.05 Å². The molecular formula is C15H18N6O3S. The average Bonchev–Trinajstić information content (AvgIpc) is 3.28. The third-order valence-corrected chi connectivity index (χ3v) is 5.48. The molecule has 2 unspecified atom stereocenters. The average molecular weight is 362 g/mol. The van der Waals surface area contributed by atoms with Gasteiger partial charge in [0.15, 0.2) is 0 Å². The summed E-state index contributed by atoms with van der Waals surface area (Å²) >= 11 is 1.37. The molecule has 4 heterocycles. The van der Waals surface area contributed by atoms with Crippen LogP contribution in [0.2, 0.25) is 0 Å². The maximum atomic E-state index is 11.5. The smallest absolute Gasteiger partial charge is 0.373 e. The van der Waals surface area contributed by atoms with Crippen LogP contribution in [0.25, 0.3) is 4.96 Å². The molecular weight excluding hydrogens is 344 g/mol. The van der Waals surface area contributed by atoms with Crippen LogP contribution in [0.4, 0.5) is 11.6 Å². The summed E-state index contributed by atoms with van der Waals surface area (Å²) in [6.45, 7) is 1.20. The second kappa shape index (κ2) is 6.12. The second-order valence-electron chi connectivity index (χ2n) is 6.26. The molecule has 0 amide bonds.